The van der Waals surface area contributed by atoms with E-state index in [-0.39, 0.29) is 23.9 Å². The summed E-state index contributed by atoms with van der Waals surface area (Å²) in [6.45, 7) is 0.565. The monoisotopic (exact) mass is 368 g/mol. The van der Waals surface area contributed by atoms with E-state index in [1.165, 1.54) is 29.7 Å². The van der Waals surface area contributed by atoms with Gasteiger partial charge in [-0.15, -0.1) is 11.3 Å². The van der Waals surface area contributed by atoms with Crippen LogP contribution in [0.15, 0.2) is 58.8 Å². The largest absolute Gasteiger partial charge is 0.346 e. The number of nitrogens with one attached hydrogen (secondary N) is 3. The summed E-state index contributed by atoms with van der Waals surface area (Å²) >= 11 is 1.40. The van der Waals surface area contributed by atoms with E-state index in [0.717, 1.165) is 5.01 Å². The second-order valence-corrected chi connectivity index (χ2v) is 6.35. The lowest BCUT2D eigenvalue weighted by atomic mass is 10.2. The first-order valence-electron chi connectivity index (χ1n) is 7.85. The van der Waals surface area contributed by atoms with Crippen LogP contribution in [-0.2, 0) is 13.1 Å². The molecule has 8 heteroatoms. The highest BCUT2D eigenvalue weighted by molar-refractivity contribution is 7.09. The average molecular weight is 368 g/mol. The standard InChI is InChI=1S/C18H16N4O3S/c23-15-8-13(6-7-19-15)18(25)20-9-14-11-26-16(22-14)10-21-17(24)12-4-2-1-3-5-12/h1-8,11H,9-10H2,(H,19,23)(H,20,25)(H,21,24). The zero-order chi connectivity index (χ0) is 18.4. The minimum absolute atomic E-state index is 0.162. The average Bonchev–Trinajstić information content (AvgIpc) is 3.13. The Kier molecular flexibility index (Phi) is 5.55. The molecule has 3 N–H and O–H groups in total. The second-order valence-electron chi connectivity index (χ2n) is 5.41. The van der Waals surface area contributed by atoms with Crippen LogP contribution in [-0.4, -0.2) is 21.8 Å². The molecule has 0 aliphatic rings. The number of nitrogens with zero attached hydrogens (tertiary/aromatic N) is 1. The molecule has 0 radical (unpaired) electrons. The predicted octanol–water partition coefficient (Wildman–Crippen LogP) is 1.69. The molecule has 0 unspecified atom stereocenters. The number of amides is 2. The van der Waals surface area contributed by atoms with Gasteiger partial charge in [-0.25, -0.2) is 4.98 Å². The Balaban J connectivity index is 1.51. The topological polar surface area (TPSA) is 104 Å². The van der Waals surface area contributed by atoms with Crippen LogP contribution in [0, 0.1) is 0 Å². The molecule has 0 fully saturated rings. The number of hydrogen-bond donors (Lipinski definition) is 3. The van der Waals surface area contributed by atoms with Crippen molar-refractivity contribution in [2.75, 3.05) is 0 Å². The van der Waals surface area contributed by atoms with Crippen molar-refractivity contribution >= 4 is 23.2 Å². The van der Waals surface area contributed by atoms with Crippen molar-refractivity contribution in [2.24, 2.45) is 0 Å². The maximum Gasteiger partial charge on any atom is 0.251 e. The molecule has 2 heterocycles. The Morgan fingerprint density at radius 2 is 1.73 bits per heavy atom. The Morgan fingerprint density at radius 3 is 2.50 bits per heavy atom. The number of benzene rings is 1. The molecule has 0 bridgehead atoms. The third kappa shape index (κ3) is 4.64. The van der Waals surface area contributed by atoms with Gasteiger partial charge in [0, 0.05) is 28.8 Å². The van der Waals surface area contributed by atoms with Crippen LogP contribution in [0.1, 0.15) is 31.4 Å². The smallest absolute Gasteiger partial charge is 0.251 e. The first kappa shape index (κ1) is 17.6. The highest BCUT2D eigenvalue weighted by Crippen LogP contribution is 2.10. The summed E-state index contributed by atoms with van der Waals surface area (Å²) in [6, 6.07) is 11.7. The van der Waals surface area contributed by atoms with Gasteiger partial charge in [-0.05, 0) is 18.2 Å². The number of pyridine rings is 1. The number of thiazole rings is 1. The highest BCUT2D eigenvalue weighted by Gasteiger charge is 2.09. The van der Waals surface area contributed by atoms with Gasteiger partial charge in [-0.1, -0.05) is 18.2 Å². The number of carbonyl (C=O) groups is 2. The molecule has 7 nitrogen and oxygen atoms in total. The van der Waals surface area contributed by atoms with Crippen molar-refractivity contribution in [2.45, 2.75) is 13.1 Å². The van der Waals surface area contributed by atoms with Gasteiger partial charge in [-0.2, -0.15) is 0 Å². The summed E-state index contributed by atoms with van der Waals surface area (Å²) in [5.74, 6) is -0.506. The summed E-state index contributed by atoms with van der Waals surface area (Å²) in [5, 5.41) is 8.09. The minimum Gasteiger partial charge on any atom is -0.346 e. The van der Waals surface area contributed by atoms with Crippen molar-refractivity contribution in [3.05, 3.63) is 86.2 Å². The number of hydrogen-bond acceptors (Lipinski definition) is 5. The summed E-state index contributed by atoms with van der Waals surface area (Å²) in [7, 11) is 0. The lowest BCUT2D eigenvalue weighted by Crippen LogP contribution is -2.24. The van der Waals surface area contributed by atoms with E-state index in [1.54, 1.807) is 24.3 Å². The molecule has 0 saturated heterocycles. The van der Waals surface area contributed by atoms with Crippen LogP contribution < -0.4 is 16.2 Å². The molecule has 0 aliphatic carbocycles. The van der Waals surface area contributed by atoms with Crippen LogP contribution in [0.4, 0.5) is 0 Å². The first-order chi connectivity index (χ1) is 12.6. The molecule has 1 aromatic carbocycles. The van der Waals surface area contributed by atoms with Gasteiger partial charge in [0.15, 0.2) is 0 Å². The number of carbonyl (C=O) groups excluding carboxylic acids is 2. The fourth-order valence-electron chi connectivity index (χ4n) is 2.22. The normalized spacial score (nSPS) is 10.3. The van der Waals surface area contributed by atoms with Gasteiger partial charge >= 0.3 is 0 Å². The van der Waals surface area contributed by atoms with Crippen molar-refractivity contribution in [1.29, 1.82) is 0 Å². The molecule has 3 rings (SSSR count). The fourth-order valence-corrected chi connectivity index (χ4v) is 2.95. The Bertz CT molecular complexity index is 966. The van der Waals surface area contributed by atoms with Crippen LogP contribution in [0.25, 0.3) is 0 Å². The molecule has 132 valence electrons. The fraction of sp³-hybridized carbons (Fsp3) is 0.111. The van der Waals surface area contributed by atoms with Gasteiger partial charge in [0.05, 0.1) is 18.8 Å². The maximum atomic E-state index is 12.0. The molecular weight excluding hydrogens is 352 g/mol. The lowest BCUT2D eigenvalue weighted by molar-refractivity contribution is 0.0943. The summed E-state index contributed by atoms with van der Waals surface area (Å²) in [4.78, 5) is 42.1. The third-order valence-electron chi connectivity index (χ3n) is 3.50. The van der Waals surface area contributed by atoms with Gasteiger partial charge in [-0.3, -0.25) is 14.4 Å². The van der Waals surface area contributed by atoms with Crippen molar-refractivity contribution < 1.29 is 9.59 Å². The van der Waals surface area contributed by atoms with Crippen molar-refractivity contribution in [3.63, 3.8) is 0 Å². The van der Waals surface area contributed by atoms with Gasteiger partial charge in [0.25, 0.3) is 11.8 Å². The predicted molar refractivity (Wildman–Crippen MR) is 98.0 cm³/mol. The minimum atomic E-state index is -0.344. The number of aromatic nitrogens is 2. The zero-order valence-electron chi connectivity index (χ0n) is 13.7. The molecule has 0 atom stereocenters. The van der Waals surface area contributed by atoms with Crippen LogP contribution in [0.2, 0.25) is 0 Å². The van der Waals surface area contributed by atoms with Gasteiger partial charge < -0.3 is 15.6 Å². The Labute approximate surface area is 153 Å². The quantitative estimate of drug-likeness (QED) is 0.616. The van der Waals surface area contributed by atoms with E-state index in [4.69, 9.17) is 0 Å². The molecule has 2 amide bonds. The van der Waals surface area contributed by atoms with Gasteiger partial charge in [0.2, 0.25) is 5.56 Å². The zero-order valence-corrected chi connectivity index (χ0v) is 14.5. The van der Waals surface area contributed by atoms with Crippen LogP contribution in [0.3, 0.4) is 0 Å². The molecule has 0 saturated carbocycles. The molecular formula is C18H16N4O3S. The molecule has 2 aromatic heterocycles. The van der Waals surface area contributed by atoms with E-state index in [9.17, 15) is 14.4 Å². The van der Waals surface area contributed by atoms with E-state index in [2.05, 4.69) is 20.6 Å². The third-order valence-corrected chi connectivity index (χ3v) is 4.40. The Hall–Kier alpha value is -3.26. The summed E-state index contributed by atoms with van der Waals surface area (Å²) < 4.78 is 0. The van der Waals surface area contributed by atoms with E-state index < -0.39 is 0 Å². The number of H-pyrrole nitrogens is 1. The summed E-state index contributed by atoms with van der Waals surface area (Å²) in [5.41, 5.74) is 1.24. The van der Waals surface area contributed by atoms with E-state index in [0.29, 0.717) is 23.4 Å². The molecule has 0 spiro atoms. The number of rotatable bonds is 6. The summed E-state index contributed by atoms with van der Waals surface area (Å²) in [6.07, 6.45) is 1.42. The van der Waals surface area contributed by atoms with Crippen LogP contribution >= 0.6 is 11.3 Å². The lowest BCUT2D eigenvalue weighted by Gasteiger charge is -2.03. The maximum absolute atomic E-state index is 12.0. The SMILES string of the molecule is O=C(NCc1csc(CNC(=O)c2ccccc2)n1)c1cc[nH]c(=O)c1. The molecule has 0 aliphatic heterocycles. The molecule has 26 heavy (non-hydrogen) atoms. The van der Waals surface area contributed by atoms with Gasteiger partial charge in [0.1, 0.15) is 5.01 Å². The first-order valence-corrected chi connectivity index (χ1v) is 8.73. The van der Waals surface area contributed by atoms with Crippen molar-refractivity contribution in [1.82, 2.24) is 20.6 Å². The second kappa shape index (κ2) is 8.21. The molecule has 3 aromatic rings. The van der Waals surface area contributed by atoms with E-state index in [1.807, 2.05) is 11.4 Å². The van der Waals surface area contributed by atoms with Crippen LogP contribution in [0.5, 0.6) is 0 Å². The Morgan fingerprint density at radius 1 is 1.00 bits per heavy atom. The van der Waals surface area contributed by atoms with E-state index >= 15 is 0 Å². The van der Waals surface area contributed by atoms with Crippen molar-refractivity contribution in [3.8, 4) is 0 Å². The number of aromatic amines is 1. The highest BCUT2D eigenvalue weighted by atomic mass is 32.1.